The van der Waals surface area contributed by atoms with E-state index >= 15 is 0 Å². The number of rotatable bonds is 3. The maximum Gasteiger partial charge on any atom is 0.259 e. The molecule has 15 heavy (non-hydrogen) atoms. The first-order chi connectivity index (χ1) is 7.19. The zero-order valence-corrected chi connectivity index (χ0v) is 8.23. The van der Waals surface area contributed by atoms with E-state index in [1.54, 1.807) is 30.3 Å². The Kier molecular flexibility index (Phi) is 3.47. The van der Waals surface area contributed by atoms with Crippen molar-refractivity contribution in [3.05, 3.63) is 35.4 Å². The highest BCUT2D eigenvalue weighted by Gasteiger charge is 2.05. The van der Waals surface area contributed by atoms with Crippen LogP contribution in [0.2, 0.25) is 0 Å². The topological polar surface area (TPSA) is 76.1 Å². The first-order valence-electron chi connectivity index (χ1n) is 4.23. The first kappa shape index (κ1) is 10.8. The normalized spacial score (nSPS) is 10.5. The number of primary amides is 1. The summed E-state index contributed by atoms with van der Waals surface area (Å²) in [5.41, 5.74) is 5.57. The molecule has 0 spiro atoms. The van der Waals surface area contributed by atoms with Gasteiger partial charge in [0.25, 0.3) is 5.91 Å². The molecule has 0 fully saturated rings. The fourth-order valence-corrected chi connectivity index (χ4v) is 1.10. The van der Waals surface area contributed by atoms with Crippen LogP contribution in [0.1, 0.15) is 5.56 Å². The summed E-state index contributed by atoms with van der Waals surface area (Å²) in [6, 6.07) is 8.79. The molecule has 0 aliphatic rings. The molecule has 76 valence electrons. The number of para-hydroxylation sites is 1. The third kappa shape index (κ3) is 2.58. The quantitative estimate of drug-likeness (QED) is 0.588. The fraction of sp³-hybridized carbons (Fsp3) is 0.0909. The number of ether oxygens (including phenoxy) is 1. The first-order valence-corrected chi connectivity index (χ1v) is 4.23. The Morgan fingerprint density at radius 3 is 2.73 bits per heavy atom. The van der Waals surface area contributed by atoms with Gasteiger partial charge in [-0.2, -0.15) is 5.26 Å². The summed E-state index contributed by atoms with van der Waals surface area (Å²) in [6.07, 6.45) is 1.40. The van der Waals surface area contributed by atoms with E-state index in [4.69, 9.17) is 15.7 Å². The van der Waals surface area contributed by atoms with Gasteiger partial charge in [-0.3, -0.25) is 4.79 Å². The minimum atomic E-state index is -0.747. The van der Waals surface area contributed by atoms with Crippen LogP contribution in [0.25, 0.3) is 6.08 Å². The molecule has 1 rings (SSSR count). The summed E-state index contributed by atoms with van der Waals surface area (Å²) < 4.78 is 5.06. The monoisotopic (exact) mass is 202 g/mol. The van der Waals surface area contributed by atoms with Gasteiger partial charge in [0.05, 0.1) is 7.11 Å². The van der Waals surface area contributed by atoms with E-state index in [2.05, 4.69) is 0 Å². The second kappa shape index (κ2) is 4.82. The number of amides is 1. The van der Waals surface area contributed by atoms with Gasteiger partial charge in [-0.15, -0.1) is 0 Å². The van der Waals surface area contributed by atoms with Crippen molar-refractivity contribution in [3.63, 3.8) is 0 Å². The lowest BCUT2D eigenvalue weighted by Gasteiger charge is -2.03. The number of hydrogen-bond acceptors (Lipinski definition) is 3. The van der Waals surface area contributed by atoms with Crippen LogP contribution in [-0.2, 0) is 4.79 Å². The number of hydrogen-bond donors (Lipinski definition) is 1. The molecule has 1 aromatic carbocycles. The van der Waals surface area contributed by atoms with Gasteiger partial charge in [0, 0.05) is 5.56 Å². The Morgan fingerprint density at radius 1 is 1.53 bits per heavy atom. The van der Waals surface area contributed by atoms with Crippen LogP contribution in [0.3, 0.4) is 0 Å². The van der Waals surface area contributed by atoms with Crippen molar-refractivity contribution < 1.29 is 9.53 Å². The number of methoxy groups -OCH3 is 1. The Hall–Kier alpha value is -2.28. The van der Waals surface area contributed by atoms with E-state index < -0.39 is 5.91 Å². The third-order valence-electron chi connectivity index (χ3n) is 1.82. The van der Waals surface area contributed by atoms with Gasteiger partial charge < -0.3 is 10.5 Å². The van der Waals surface area contributed by atoms with Crippen molar-refractivity contribution in [1.82, 2.24) is 0 Å². The third-order valence-corrected chi connectivity index (χ3v) is 1.82. The smallest absolute Gasteiger partial charge is 0.259 e. The summed E-state index contributed by atoms with van der Waals surface area (Å²) in [5, 5.41) is 8.66. The molecule has 0 saturated heterocycles. The zero-order chi connectivity index (χ0) is 11.3. The average molecular weight is 202 g/mol. The van der Waals surface area contributed by atoms with Gasteiger partial charge in [0.2, 0.25) is 0 Å². The molecule has 1 amide bonds. The molecule has 2 N–H and O–H groups in total. The minimum absolute atomic E-state index is 0.0977. The van der Waals surface area contributed by atoms with Crippen LogP contribution in [0.4, 0.5) is 0 Å². The number of carbonyl (C=O) groups is 1. The van der Waals surface area contributed by atoms with E-state index in [0.29, 0.717) is 11.3 Å². The number of carbonyl (C=O) groups excluding carboxylic acids is 1. The van der Waals surface area contributed by atoms with Crippen molar-refractivity contribution in [2.45, 2.75) is 0 Å². The molecule has 0 radical (unpaired) electrons. The summed E-state index contributed by atoms with van der Waals surface area (Å²) in [5.74, 6) is -0.157. The molecule has 0 saturated carbocycles. The lowest BCUT2D eigenvalue weighted by atomic mass is 10.1. The Labute approximate surface area is 87.6 Å². The second-order valence-corrected chi connectivity index (χ2v) is 2.78. The molecule has 0 heterocycles. The summed E-state index contributed by atoms with van der Waals surface area (Å²) in [7, 11) is 1.52. The van der Waals surface area contributed by atoms with Crippen LogP contribution in [0, 0.1) is 11.3 Å². The van der Waals surface area contributed by atoms with Gasteiger partial charge in [0.1, 0.15) is 17.4 Å². The van der Waals surface area contributed by atoms with Crippen LogP contribution in [-0.4, -0.2) is 13.0 Å². The van der Waals surface area contributed by atoms with Gasteiger partial charge in [-0.25, -0.2) is 0 Å². The predicted molar refractivity (Wildman–Crippen MR) is 55.8 cm³/mol. The molecular formula is C11H10N2O2. The number of benzene rings is 1. The summed E-state index contributed by atoms with van der Waals surface area (Å²) in [6.45, 7) is 0. The number of nitriles is 1. The fourth-order valence-electron chi connectivity index (χ4n) is 1.10. The van der Waals surface area contributed by atoms with Crippen LogP contribution >= 0.6 is 0 Å². The van der Waals surface area contributed by atoms with E-state index in [9.17, 15) is 4.79 Å². The van der Waals surface area contributed by atoms with Crippen molar-refractivity contribution in [3.8, 4) is 11.8 Å². The van der Waals surface area contributed by atoms with E-state index in [-0.39, 0.29) is 5.57 Å². The Balaban J connectivity index is 3.18. The zero-order valence-electron chi connectivity index (χ0n) is 8.23. The standard InChI is InChI=1S/C11H10N2O2/c1-15-10-5-3-2-4-8(10)6-9(7-12)11(13)14/h2-6H,1H3,(H2,13,14)/b9-6+. The molecule has 0 atom stereocenters. The lowest BCUT2D eigenvalue weighted by Crippen LogP contribution is -2.12. The molecule has 4 nitrogen and oxygen atoms in total. The number of nitrogens with zero attached hydrogens (tertiary/aromatic N) is 1. The SMILES string of the molecule is COc1ccccc1/C=C(\C#N)C(N)=O. The lowest BCUT2D eigenvalue weighted by molar-refractivity contribution is -0.114. The molecule has 0 aromatic heterocycles. The molecule has 0 unspecified atom stereocenters. The van der Waals surface area contributed by atoms with Crippen molar-refractivity contribution in [2.24, 2.45) is 5.73 Å². The van der Waals surface area contributed by atoms with Crippen molar-refractivity contribution in [2.75, 3.05) is 7.11 Å². The maximum absolute atomic E-state index is 10.8. The van der Waals surface area contributed by atoms with Crippen LogP contribution in [0.15, 0.2) is 29.8 Å². The molecule has 4 heteroatoms. The largest absolute Gasteiger partial charge is 0.496 e. The van der Waals surface area contributed by atoms with Crippen molar-refractivity contribution >= 4 is 12.0 Å². The van der Waals surface area contributed by atoms with Crippen LogP contribution in [0.5, 0.6) is 5.75 Å². The van der Waals surface area contributed by atoms with E-state index in [0.717, 1.165) is 0 Å². The minimum Gasteiger partial charge on any atom is -0.496 e. The second-order valence-electron chi connectivity index (χ2n) is 2.78. The Bertz CT molecular complexity index is 444. The maximum atomic E-state index is 10.8. The van der Waals surface area contributed by atoms with E-state index in [1.165, 1.54) is 13.2 Å². The predicted octanol–water partition coefficient (Wildman–Crippen LogP) is 1.09. The average Bonchev–Trinajstić information content (AvgIpc) is 2.25. The molecule has 0 bridgehead atoms. The highest BCUT2D eigenvalue weighted by Crippen LogP contribution is 2.19. The summed E-state index contributed by atoms with van der Waals surface area (Å²) in [4.78, 5) is 10.8. The van der Waals surface area contributed by atoms with Gasteiger partial charge in [-0.05, 0) is 12.1 Å². The molecule has 0 aliphatic heterocycles. The Morgan fingerprint density at radius 2 is 2.20 bits per heavy atom. The molecular weight excluding hydrogens is 192 g/mol. The van der Waals surface area contributed by atoms with Crippen LogP contribution < -0.4 is 10.5 Å². The van der Waals surface area contributed by atoms with Gasteiger partial charge in [0.15, 0.2) is 0 Å². The van der Waals surface area contributed by atoms with E-state index in [1.807, 2.05) is 0 Å². The van der Waals surface area contributed by atoms with Gasteiger partial charge >= 0.3 is 0 Å². The van der Waals surface area contributed by atoms with Gasteiger partial charge in [-0.1, -0.05) is 18.2 Å². The summed E-state index contributed by atoms with van der Waals surface area (Å²) >= 11 is 0. The van der Waals surface area contributed by atoms with Crippen molar-refractivity contribution in [1.29, 1.82) is 5.26 Å². The highest BCUT2D eigenvalue weighted by molar-refractivity contribution is 6.00. The molecule has 0 aliphatic carbocycles. The molecule has 1 aromatic rings. The highest BCUT2D eigenvalue weighted by atomic mass is 16.5. The number of nitrogens with two attached hydrogens (primary N) is 1.